The first kappa shape index (κ1) is 22.4. The first-order chi connectivity index (χ1) is 12.3. The molecule has 0 amide bonds. The summed E-state index contributed by atoms with van der Waals surface area (Å²) in [5.41, 5.74) is -0.164. The van der Waals surface area contributed by atoms with E-state index in [1.54, 1.807) is 0 Å². The van der Waals surface area contributed by atoms with Gasteiger partial charge in [-0.15, -0.1) is 11.3 Å². The summed E-state index contributed by atoms with van der Waals surface area (Å²) in [7, 11) is 0. The van der Waals surface area contributed by atoms with Crippen molar-refractivity contribution in [1.29, 1.82) is 0 Å². The van der Waals surface area contributed by atoms with Gasteiger partial charge in [-0.25, -0.2) is 4.79 Å². The number of carboxylic acid groups (broad SMARTS) is 1. The van der Waals surface area contributed by atoms with Gasteiger partial charge in [0.15, 0.2) is 5.78 Å². The first-order valence-corrected chi connectivity index (χ1v) is 9.48. The van der Waals surface area contributed by atoms with Crippen molar-refractivity contribution in [2.45, 2.75) is 24.3 Å². The fourth-order valence-electron chi connectivity index (χ4n) is 2.31. The Bertz CT molecular complexity index is 904. The molecule has 1 aromatic carbocycles. The highest BCUT2D eigenvalue weighted by atomic mass is 35.5. The molecule has 11 heteroatoms. The fraction of sp³-hybridized carbons (Fsp3) is 0.250. The lowest BCUT2D eigenvalue weighted by Crippen LogP contribution is -2.39. The van der Waals surface area contributed by atoms with Crippen LogP contribution >= 0.6 is 58.8 Å². The molecule has 146 valence electrons. The number of Topliss-reactive ketones (excluding diaryl/α,β-unsaturated/α-hetero) is 1. The largest absolute Gasteiger partial charge is 0.477 e. The Morgan fingerprint density at radius 2 is 1.67 bits per heavy atom. The highest BCUT2D eigenvalue weighted by molar-refractivity contribution is 7.81. The lowest BCUT2D eigenvalue weighted by atomic mass is 9.91. The van der Waals surface area contributed by atoms with Gasteiger partial charge in [0.25, 0.3) is 0 Å². The molecule has 0 aliphatic heterocycles. The number of rotatable bonds is 5. The van der Waals surface area contributed by atoms with E-state index >= 15 is 0 Å². The number of carboxylic acids is 1. The number of hydrogen-bond acceptors (Lipinski definition) is 4. The molecule has 0 bridgehead atoms. The molecular formula is C16H10Cl3F3O3S2. The van der Waals surface area contributed by atoms with Crippen molar-refractivity contribution < 1.29 is 27.9 Å². The van der Waals surface area contributed by atoms with Gasteiger partial charge in [0, 0.05) is 6.42 Å². The van der Waals surface area contributed by atoms with Gasteiger partial charge in [-0.2, -0.15) is 25.8 Å². The van der Waals surface area contributed by atoms with Gasteiger partial charge in [0.05, 0.1) is 19.9 Å². The molecule has 2 aromatic rings. The highest BCUT2D eigenvalue weighted by Gasteiger charge is 2.55. The minimum atomic E-state index is -4.94. The van der Waals surface area contributed by atoms with Gasteiger partial charge >= 0.3 is 12.1 Å². The van der Waals surface area contributed by atoms with Crippen molar-refractivity contribution in [2.75, 3.05) is 0 Å². The second-order valence-corrected chi connectivity index (χ2v) is 8.65. The quantitative estimate of drug-likeness (QED) is 0.287. The average Bonchev–Trinajstić information content (AvgIpc) is 2.93. The third kappa shape index (κ3) is 4.40. The zero-order valence-electron chi connectivity index (χ0n) is 13.3. The van der Waals surface area contributed by atoms with E-state index < -0.39 is 34.7 Å². The molecule has 1 heterocycles. The monoisotopic (exact) mass is 476 g/mol. The Hall–Kier alpha value is -0.930. The van der Waals surface area contributed by atoms with Crippen LogP contribution in [0.15, 0.2) is 18.2 Å². The van der Waals surface area contributed by atoms with Crippen LogP contribution in [0.25, 0.3) is 0 Å². The van der Waals surface area contributed by atoms with Gasteiger partial charge in [-0.1, -0.05) is 34.8 Å². The minimum absolute atomic E-state index is 0.112. The summed E-state index contributed by atoms with van der Waals surface area (Å²) in [5, 5.41) is 8.50. The van der Waals surface area contributed by atoms with Crippen molar-refractivity contribution in [1.82, 2.24) is 0 Å². The Morgan fingerprint density at radius 1 is 1.15 bits per heavy atom. The Labute approximate surface area is 176 Å². The van der Waals surface area contributed by atoms with E-state index in [0.717, 1.165) is 12.1 Å². The van der Waals surface area contributed by atoms with Gasteiger partial charge in [0.1, 0.15) is 9.62 Å². The van der Waals surface area contributed by atoms with Crippen molar-refractivity contribution >= 4 is 70.5 Å². The van der Waals surface area contributed by atoms with Crippen molar-refractivity contribution in [2.24, 2.45) is 0 Å². The van der Waals surface area contributed by atoms with Crippen LogP contribution in [0.1, 0.15) is 36.9 Å². The predicted octanol–water partition coefficient (Wildman–Crippen LogP) is 6.68. The third-order valence-electron chi connectivity index (χ3n) is 3.73. The Balaban J connectivity index is 2.50. The van der Waals surface area contributed by atoms with Crippen molar-refractivity contribution in [3.8, 4) is 0 Å². The number of carbonyl (C=O) groups excluding carboxylic acids is 1. The number of carbonyl (C=O) groups is 2. The number of halogens is 6. The molecule has 2 rings (SSSR count). The SMILES string of the molecule is Cc1cc(C(=O)CC(S)(c2cc(Cl)c(Cl)c(Cl)c2)C(F)(F)F)sc1C(=O)O. The molecular weight excluding hydrogens is 468 g/mol. The molecule has 27 heavy (non-hydrogen) atoms. The topological polar surface area (TPSA) is 54.4 Å². The minimum Gasteiger partial charge on any atom is -0.477 e. The van der Waals surface area contributed by atoms with E-state index in [1.165, 1.54) is 13.0 Å². The van der Waals surface area contributed by atoms with Crippen LogP contribution in [0.5, 0.6) is 0 Å². The second-order valence-electron chi connectivity index (χ2n) is 5.64. The maximum absolute atomic E-state index is 13.8. The maximum Gasteiger partial charge on any atom is 0.407 e. The molecule has 0 fully saturated rings. The standard InChI is InChI=1S/C16H10Cl3F3O3S2/c1-6-2-11(27-13(6)14(24)25)10(23)5-15(26,16(20,21)22)7-3-8(17)12(19)9(18)4-7/h2-4,26H,5H2,1H3,(H,24,25). The van der Waals surface area contributed by atoms with Crippen LogP contribution in [0.4, 0.5) is 13.2 Å². The van der Waals surface area contributed by atoms with Gasteiger partial charge in [-0.05, 0) is 36.2 Å². The molecule has 1 N–H and O–H groups in total. The summed E-state index contributed by atoms with van der Waals surface area (Å²) >= 11 is 21.8. The molecule has 0 radical (unpaired) electrons. The molecule has 0 saturated heterocycles. The van der Waals surface area contributed by atoms with Crippen LogP contribution in [-0.4, -0.2) is 23.0 Å². The van der Waals surface area contributed by atoms with Gasteiger partial charge in [-0.3, -0.25) is 4.79 Å². The number of ketones is 1. The number of alkyl halides is 3. The van der Waals surface area contributed by atoms with E-state index in [9.17, 15) is 22.8 Å². The van der Waals surface area contributed by atoms with Crippen LogP contribution in [0, 0.1) is 6.92 Å². The third-order valence-corrected chi connectivity index (χ3v) is 6.87. The molecule has 1 aromatic heterocycles. The van der Waals surface area contributed by atoms with Crippen LogP contribution in [0.2, 0.25) is 15.1 Å². The zero-order chi connectivity index (χ0) is 20.7. The average molecular weight is 478 g/mol. The van der Waals surface area contributed by atoms with Crippen molar-refractivity contribution in [3.05, 3.63) is 54.1 Å². The van der Waals surface area contributed by atoms with E-state index in [4.69, 9.17) is 39.9 Å². The van der Waals surface area contributed by atoms with Crippen LogP contribution in [-0.2, 0) is 4.75 Å². The number of thiol groups is 1. The number of aryl methyl sites for hydroxylation is 1. The smallest absolute Gasteiger partial charge is 0.407 e. The molecule has 0 aliphatic rings. The van der Waals surface area contributed by atoms with Crippen LogP contribution in [0.3, 0.4) is 0 Å². The van der Waals surface area contributed by atoms with Crippen molar-refractivity contribution in [3.63, 3.8) is 0 Å². The lowest BCUT2D eigenvalue weighted by molar-refractivity contribution is -0.160. The van der Waals surface area contributed by atoms with Crippen LogP contribution < -0.4 is 0 Å². The fourth-order valence-corrected chi connectivity index (χ4v) is 4.13. The summed E-state index contributed by atoms with van der Waals surface area (Å²) in [5.74, 6) is -2.18. The molecule has 1 atom stereocenters. The Morgan fingerprint density at radius 3 is 2.07 bits per heavy atom. The molecule has 3 nitrogen and oxygen atoms in total. The number of thiophene rings is 1. The summed E-state index contributed by atoms with van der Waals surface area (Å²) in [6, 6.07) is 3.14. The number of aromatic carboxylic acids is 1. The summed E-state index contributed by atoms with van der Waals surface area (Å²) < 4.78 is 38.5. The number of benzene rings is 1. The van der Waals surface area contributed by atoms with E-state index in [1.807, 2.05) is 0 Å². The van der Waals surface area contributed by atoms with E-state index in [2.05, 4.69) is 12.6 Å². The second kappa shape index (κ2) is 7.83. The summed E-state index contributed by atoms with van der Waals surface area (Å²) in [6.07, 6.45) is -6.01. The Kier molecular flexibility index (Phi) is 6.48. The highest BCUT2D eigenvalue weighted by Crippen LogP contribution is 2.50. The summed E-state index contributed by atoms with van der Waals surface area (Å²) in [4.78, 5) is 23.3. The normalized spacial score (nSPS) is 14.1. The zero-order valence-corrected chi connectivity index (χ0v) is 17.3. The number of hydrogen-bond donors (Lipinski definition) is 2. The van der Waals surface area contributed by atoms with E-state index in [-0.39, 0.29) is 30.4 Å². The lowest BCUT2D eigenvalue weighted by Gasteiger charge is -2.31. The first-order valence-electron chi connectivity index (χ1n) is 7.09. The van der Waals surface area contributed by atoms with E-state index in [0.29, 0.717) is 11.3 Å². The molecule has 0 spiro atoms. The predicted molar refractivity (Wildman–Crippen MR) is 103 cm³/mol. The molecule has 0 saturated carbocycles. The molecule has 0 aliphatic carbocycles. The molecule has 1 unspecified atom stereocenters. The maximum atomic E-state index is 13.8. The summed E-state index contributed by atoms with van der Waals surface area (Å²) in [6.45, 7) is 1.45. The van der Waals surface area contributed by atoms with Gasteiger partial charge < -0.3 is 5.11 Å². The van der Waals surface area contributed by atoms with Gasteiger partial charge in [0.2, 0.25) is 0 Å².